The molecule has 0 spiro atoms. The second-order valence-electron chi connectivity index (χ2n) is 7.89. The van der Waals surface area contributed by atoms with Crippen LogP contribution in [-0.2, 0) is 11.0 Å². The molecule has 1 aliphatic carbocycles. The van der Waals surface area contributed by atoms with Gasteiger partial charge < -0.3 is 25.2 Å². The van der Waals surface area contributed by atoms with Crippen molar-refractivity contribution in [1.29, 1.82) is 0 Å². The van der Waals surface area contributed by atoms with Crippen molar-refractivity contribution in [3.05, 3.63) is 54.1 Å². The number of aliphatic hydroxyl groups is 3. The topological polar surface area (TPSA) is 107 Å². The number of rotatable bonds is 11. The monoisotopic (exact) mass is 458 g/mol. The minimum Gasteiger partial charge on any atom is -0.491 e. The molecule has 5 atom stereocenters. The number of alkyl halides is 3. The van der Waals surface area contributed by atoms with Gasteiger partial charge in [-0.1, -0.05) is 30.4 Å². The lowest BCUT2D eigenvalue weighted by molar-refractivity contribution is -0.138. The van der Waals surface area contributed by atoms with Crippen LogP contribution in [0.4, 0.5) is 13.2 Å². The van der Waals surface area contributed by atoms with Crippen LogP contribution < -0.4 is 4.74 Å². The molecule has 0 heterocycles. The maximum absolute atomic E-state index is 12.8. The zero-order valence-electron chi connectivity index (χ0n) is 17.5. The van der Waals surface area contributed by atoms with E-state index in [2.05, 4.69) is 0 Å². The quantitative estimate of drug-likeness (QED) is 0.298. The molecule has 0 aliphatic heterocycles. The Morgan fingerprint density at radius 1 is 1.22 bits per heavy atom. The SMILES string of the molecule is O=C(O)CCC/C=C\C[C@H]1C(O)C[C@@H](O)[C@@H]1/C=C/[C@@H](O)COc1cccc(C(F)(F)F)c1. The Hall–Kier alpha value is -2.36. The van der Waals surface area contributed by atoms with Crippen molar-refractivity contribution in [2.24, 2.45) is 11.8 Å². The Bertz CT molecular complexity index is 792. The molecule has 178 valence electrons. The van der Waals surface area contributed by atoms with E-state index in [1.165, 1.54) is 18.2 Å². The lowest BCUT2D eigenvalue weighted by atomic mass is 9.89. The summed E-state index contributed by atoms with van der Waals surface area (Å²) >= 11 is 0. The number of aliphatic hydroxyl groups excluding tert-OH is 3. The van der Waals surface area contributed by atoms with Crippen molar-refractivity contribution in [2.75, 3.05) is 6.61 Å². The fraction of sp³-hybridized carbons (Fsp3) is 0.522. The first-order valence-electron chi connectivity index (χ1n) is 10.5. The molecule has 0 saturated heterocycles. The van der Waals surface area contributed by atoms with Gasteiger partial charge in [0.2, 0.25) is 0 Å². The summed E-state index contributed by atoms with van der Waals surface area (Å²) in [5.41, 5.74) is -0.845. The van der Waals surface area contributed by atoms with Crippen LogP contribution in [0.2, 0.25) is 0 Å². The van der Waals surface area contributed by atoms with Gasteiger partial charge in [-0.15, -0.1) is 0 Å². The molecule has 6 nitrogen and oxygen atoms in total. The van der Waals surface area contributed by atoms with E-state index < -0.39 is 41.9 Å². The summed E-state index contributed by atoms with van der Waals surface area (Å²) < 4.78 is 43.5. The molecular formula is C23H29F3O6. The van der Waals surface area contributed by atoms with E-state index in [4.69, 9.17) is 9.84 Å². The molecule has 4 N–H and O–H groups in total. The molecule has 0 radical (unpaired) electrons. The van der Waals surface area contributed by atoms with Gasteiger partial charge in [0, 0.05) is 18.8 Å². The lowest BCUT2D eigenvalue weighted by Gasteiger charge is -2.19. The summed E-state index contributed by atoms with van der Waals surface area (Å²) in [4.78, 5) is 10.5. The van der Waals surface area contributed by atoms with Crippen molar-refractivity contribution < 1.29 is 43.1 Å². The summed E-state index contributed by atoms with van der Waals surface area (Å²) in [5, 5.41) is 39.2. The molecule has 1 unspecified atom stereocenters. The zero-order valence-corrected chi connectivity index (χ0v) is 17.5. The summed E-state index contributed by atoms with van der Waals surface area (Å²) in [6.07, 6.45) is 1.48. The van der Waals surface area contributed by atoms with Crippen LogP contribution in [0.1, 0.15) is 37.7 Å². The third-order valence-corrected chi connectivity index (χ3v) is 5.39. The average Bonchev–Trinajstić information content (AvgIpc) is 2.99. The van der Waals surface area contributed by atoms with E-state index in [0.717, 1.165) is 12.1 Å². The van der Waals surface area contributed by atoms with Gasteiger partial charge in [0.25, 0.3) is 0 Å². The third-order valence-electron chi connectivity index (χ3n) is 5.39. The number of hydrogen-bond donors (Lipinski definition) is 4. The van der Waals surface area contributed by atoms with Gasteiger partial charge in [0.15, 0.2) is 0 Å². The fourth-order valence-electron chi connectivity index (χ4n) is 3.70. The smallest absolute Gasteiger partial charge is 0.416 e. The second kappa shape index (κ2) is 12.0. The van der Waals surface area contributed by atoms with Gasteiger partial charge >= 0.3 is 12.1 Å². The largest absolute Gasteiger partial charge is 0.491 e. The molecule has 1 fully saturated rings. The number of allylic oxidation sites excluding steroid dienone is 2. The van der Waals surface area contributed by atoms with E-state index in [-0.39, 0.29) is 31.1 Å². The molecule has 0 aromatic heterocycles. The second-order valence-corrected chi connectivity index (χ2v) is 7.89. The van der Waals surface area contributed by atoms with Crippen molar-refractivity contribution in [2.45, 2.75) is 56.6 Å². The molecule has 1 aromatic carbocycles. The standard InChI is InChI=1S/C23H29F3O6/c24-23(25,26)15-6-5-7-17(12-15)32-14-16(27)10-11-19-18(20(28)13-21(19)29)8-3-1-2-4-9-22(30)31/h1,3,5-7,10-12,16,18-21,27-29H,2,4,8-9,13-14H2,(H,30,31)/b3-1-,11-10+/t16-,18-,19-,20?,21-/m1/s1. The predicted octanol–water partition coefficient (Wildman–Crippen LogP) is 3.56. The van der Waals surface area contributed by atoms with Crippen LogP contribution in [0.25, 0.3) is 0 Å². The number of carboxylic acid groups (broad SMARTS) is 1. The predicted molar refractivity (Wildman–Crippen MR) is 111 cm³/mol. The number of carbonyl (C=O) groups is 1. The molecule has 0 bridgehead atoms. The maximum Gasteiger partial charge on any atom is 0.416 e. The van der Waals surface area contributed by atoms with Crippen LogP contribution in [-0.4, -0.2) is 51.3 Å². The Kier molecular flexibility index (Phi) is 9.74. The van der Waals surface area contributed by atoms with Crippen LogP contribution >= 0.6 is 0 Å². The minimum atomic E-state index is -4.49. The highest BCUT2D eigenvalue weighted by molar-refractivity contribution is 5.66. The lowest BCUT2D eigenvalue weighted by Crippen LogP contribution is -2.21. The summed E-state index contributed by atoms with van der Waals surface area (Å²) in [6, 6.07) is 4.36. The van der Waals surface area contributed by atoms with Crippen LogP contribution in [0.15, 0.2) is 48.6 Å². The van der Waals surface area contributed by atoms with Crippen LogP contribution in [0, 0.1) is 11.8 Å². The molecule has 9 heteroatoms. The molecule has 0 amide bonds. The fourth-order valence-corrected chi connectivity index (χ4v) is 3.70. The van der Waals surface area contributed by atoms with E-state index in [0.29, 0.717) is 19.3 Å². The van der Waals surface area contributed by atoms with Gasteiger partial charge in [-0.2, -0.15) is 13.2 Å². The molecule has 1 aliphatic rings. The van der Waals surface area contributed by atoms with E-state index >= 15 is 0 Å². The Morgan fingerprint density at radius 3 is 2.66 bits per heavy atom. The third kappa shape index (κ3) is 8.29. The molecular weight excluding hydrogens is 429 g/mol. The van der Waals surface area contributed by atoms with Crippen molar-refractivity contribution >= 4 is 5.97 Å². The summed E-state index contributed by atoms with van der Waals surface area (Å²) in [5.74, 6) is -1.55. The summed E-state index contributed by atoms with van der Waals surface area (Å²) in [7, 11) is 0. The zero-order chi connectivity index (χ0) is 23.7. The number of benzene rings is 1. The van der Waals surface area contributed by atoms with Crippen LogP contribution in [0.5, 0.6) is 5.75 Å². The Labute approximate surface area is 184 Å². The molecule has 1 aromatic rings. The first-order chi connectivity index (χ1) is 15.1. The van der Waals surface area contributed by atoms with Gasteiger partial charge in [-0.3, -0.25) is 4.79 Å². The first kappa shape index (κ1) is 25.9. The minimum absolute atomic E-state index is 0.0190. The van der Waals surface area contributed by atoms with E-state index in [9.17, 15) is 33.3 Å². The molecule has 2 rings (SSSR count). The van der Waals surface area contributed by atoms with Gasteiger partial charge in [0.1, 0.15) is 18.5 Å². The van der Waals surface area contributed by atoms with Gasteiger partial charge in [0.05, 0.1) is 17.8 Å². The Balaban J connectivity index is 1.87. The average molecular weight is 458 g/mol. The number of ether oxygens (including phenoxy) is 1. The highest BCUT2D eigenvalue weighted by Crippen LogP contribution is 2.36. The first-order valence-corrected chi connectivity index (χ1v) is 10.5. The summed E-state index contributed by atoms with van der Waals surface area (Å²) in [6.45, 7) is -0.267. The number of aliphatic carboxylic acids is 1. The van der Waals surface area contributed by atoms with Gasteiger partial charge in [-0.05, 0) is 43.4 Å². The molecule has 1 saturated carbocycles. The van der Waals surface area contributed by atoms with E-state index in [1.54, 1.807) is 6.08 Å². The number of hydrogen-bond acceptors (Lipinski definition) is 5. The van der Waals surface area contributed by atoms with Crippen LogP contribution in [0.3, 0.4) is 0 Å². The number of unbranched alkanes of at least 4 members (excludes halogenated alkanes) is 1. The highest BCUT2D eigenvalue weighted by Gasteiger charge is 2.39. The van der Waals surface area contributed by atoms with Crippen molar-refractivity contribution in [3.8, 4) is 5.75 Å². The Morgan fingerprint density at radius 2 is 1.97 bits per heavy atom. The molecule has 32 heavy (non-hydrogen) atoms. The normalized spacial score (nSPS) is 24.9. The van der Waals surface area contributed by atoms with Crippen molar-refractivity contribution in [3.63, 3.8) is 0 Å². The van der Waals surface area contributed by atoms with Crippen molar-refractivity contribution in [1.82, 2.24) is 0 Å². The van der Waals surface area contributed by atoms with Gasteiger partial charge in [-0.25, -0.2) is 0 Å². The van der Waals surface area contributed by atoms with E-state index in [1.807, 2.05) is 12.2 Å². The maximum atomic E-state index is 12.8. The number of carboxylic acids is 1. The number of halogens is 3. The highest BCUT2D eigenvalue weighted by atomic mass is 19.4.